The Morgan fingerprint density at radius 1 is 1.32 bits per heavy atom. The van der Waals surface area contributed by atoms with Gasteiger partial charge in [0.05, 0.1) is 6.54 Å². The molecule has 3 amide bonds. The predicted octanol–water partition coefficient (Wildman–Crippen LogP) is 1.57. The number of hydrogen-bond donors (Lipinski definition) is 4. The van der Waals surface area contributed by atoms with Gasteiger partial charge in [0.25, 0.3) is 0 Å². The number of aromatic nitrogens is 1. The molecule has 28 heavy (non-hydrogen) atoms. The lowest BCUT2D eigenvalue weighted by molar-refractivity contribution is -0.124. The van der Waals surface area contributed by atoms with Crippen molar-refractivity contribution >= 4 is 52.8 Å². The van der Waals surface area contributed by atoms with Gasteiger partial charge >= 0.3 is 6.03 Å². The molecule has 0 saturated carbocycles. The molecular weight excluding hydrogens is 478 g/mol. The number of carbonyl (C=O) groups excluding carboxylic acids is 2. The van der Waals surface area contributed by atoms with Crippen LogP contribution in [0.15, 0.2) is 29.4 Å². The highest BCUT2D eigenvalue weighted by molar-refractivity contribution is 14.0. The minimum absolute atomic E-state index is 0. The smallest absolute Gasteiger partial charge is 0.324 e. The minimum Gasteiger partial charge on any atom is -0.361 e. The van der Waals surface area contributed by atoms with Crippen LogP contribution in [0.2, 0.25) is 0 Å². The number of urea groups is 1. The largest absolute Gasteiger partial charge is 0.361 e. The maximum absolute atomic E-state index is 13.4. The van der Waals surface area contributed by atoms with Gasteiger partial charge in [-0.15, -0.1) is 24.0 Å². The number of aliphatic imine (C=N–C) groups is 1. The summed E-state index contributed by atoms with van der Waals surface area (Å²) in [5.41, 5.74) is 1.90. The number of guanidine groups is 1. The van der Waals surface area contributed by atoms with Gasteiger partial charge in [0.15, 0.2) is 5.96 Å². The summed E-state index contributed by atoms with van der Waals surface area (Å²) in [6.07, 6.45) is 2.53. The van der Waals surface area contributed by atoms with Crippen LogP contribution in [0, 0.1) is 5.82 Å². The molecule has 152 valence electrons. The molecule has 4 N–H and O–H groups in total. The molecule has 1 aliphatic heterocycles. The quantitative estimate of drug-likeness (QED) is 0.200. The summed E-state index contributed by atoms with van der Waals surface area (Å²) >= 11 is 0. The van der Waals surface area contributed by atoms with Crippen LogP contribution in [0.25, 0.3) is 10.9 Å². The summed E-state index contributed by atoms with van der Waals surface area (Å²) in [7, 11) is 0. The van der Waals surface area contributed by atoms with Crippen molar-refractivity contribution in [3.63, 3.8) is 0 Å². The van der Waals surface area contributed by atoms with Crippen LogP contribution in [0.3, 0.4) is 0 Å². The second kappa shape index (κ2) is 10.2. The van der Waals surface area contributed by atoms with Gasteiger partial charge in [-0.1, -0.05) is 0 Å². The van der Waals surface area contributed by atoms with E-state index in [-0.39, 0.29) is 54.8 Å². The number of halogens is 2. The summed E-state index contributed by atoms with van der Waals surface area (Å²) in [6, 6.07) is 4.31. The number of hydrogen-bond acceptors (Lipinski definition) is 3. The number of amides is 3. The Morgan fingerprint density at radius 3 is 2.86 bits per heavy atom. The lowest BCUT2D eigenvalue weighted by Gasteiger charge is -2.15. The van der Waals surface area contributed by atoms with Crippen LogP contribution in [0.1, 0.15) is 12.5 Å². The van der Waals surface area contributed by atoms with E-state index in [1.165, 1.54) is 17.0 Å². The summed E-state index contributed by atoms with van der Waals surface area (Å²) in [6.45, 7) is 3.89. The third-order valence-electron chi connectivity index (χ3n) is 4.29. The fraction of sp³-hybridized carbons (Fsp3) is 0.389. The first-order valence-electron chi connectivity index (χ1n) is 8.94. The van der Waals surface area contributed by atoms with E-state index in [9.17, 15) is 14.0 Å². The third kappa shape index (κ3) is 5.33. The van der Waals surface area contributed by atoms with Gasteiger partial charge < -0.3 is 20.9 Å². The molecule has 0 radical (unpaired) electrons. The number of benzene rings is 1. The van der Waals surface area contributed by atoms with Gasteiger partial charge in [-0.2, -0.15) is 0 Å². The first kappa shape index (κ1) is 21.9. The SMILES string of the molecule is CCNC(=NCCc1c[nH]c2ccc(F)cc12)NCCN1C(=O)CNC1=O.I. The highest BCUT2D eigenvalue weighted by Crippen LogP contribution is 2.19. The van der Waals surface area contributed by atoms with Crippen molar-refractivity contribution in [3.05, 3.63) is 35.8 Å². The Hall–Kier alpha value is -2.37. The highest BCUT2D eigenvalue weighted by atomic mass is 127. The first-order valence-corrected chi connectivity index (χ1v) is 8.94. The normalized spacial score (nSPS) is 14.2. The number of rotatable bonds is 7. The van der Waals surface area contributed by atoms with Crippen molar-refractivity contribution in [2.45, 2.75) is 13.3 Å². The number of aromatic amines is 1. The lowest BCUT2D eigenvalue weighted by Crippen LogP contribution is -2.43. The molecule has 1 aromatic carbocycles. The number of carbonyl (C=O) groups is 2. The highest BCUT2D eigenvalue weighted by Gasteiger charge is 2.27. The number of fused-ring (bicyclic) bond motifs is 1. The topological polar surface area (TPSA) is 102 Å². The van der Waals surface area contributed by atoms with Crippen molar-refractivity contribution in [1.29, 1.82) is 0 Å². The lowest BCUT2D eigenvalue weighted by atomic mass is 10.1. The van der Waals surface area contributed by atoms with E-state index >= 15 is 0 Å². The Kier molecular flexibility index (Phi) is 8.03. The van der Waals surface area contributed by atoms with Crippen molar-refractivity contribution in [2.75, 3.05) is 32.7 Å². The van der Waals surface area contributed by atoms with E-state index in [1.807, 2.05) is 13.1 Å². The summed E-state index contributed by atoms with van der Waals surface area (Å²) in [5.74, 6) is 0.119. The minimum atomic E-state index is -0.365. The molecule has 10 heteroatoms. The molecular formula is C18H24FIN6O2. The molecule has 1 aromatic heterocycles. The molecule has 1 aliphatic rings. The summed E-state index contributed by atoms with van der Waals surface area (Å²) < 4.78 is 13.4. The fourth-order valence-electron chi connectivity index (χ4n) is 2.96. The van der Waals surface area contributed by atoms with Gasteiger partial charge in [0.2, 0.25) is 5.91 Å². The van der Waals surface area contributed by atoms with E-state index in [0.29, 0.717) is 32.0 Å². The van der Waals surface area contributed by atoms with E-state index in [1.54, 1.807) is 6.07 Å². The predicted molar refractivity (Wildman–Crippen MR) is 116 cm³/mol. The molecule has 0 atom stereocenters. The number of imide groups is 1. The van der Waals surface area contributed by atoms with Crippen molar-refractivity contribution in [2.24, 2.45) is 4.99 Å². The molecule has 1 saturated heterocycles. The Bertz CT molecular complexity index is 853. The van der Waals surface area contributed by atoms with Crippen LogP contribution in [-0.2, 0) is 11.2 Å². The number of nitrogens with zero attached hydrogens (tertiary/aromatic N) is 2. The van der Waals surface area contributed by atoms with E-state index in [0.717, 1.165) is 16.5 Å². The van der Waals surface area contributed by atoms with Gasteiger partial charge in [-0.05, 0) is 37.1 Å². The van der Waals surface area contributed by atoms with Gasteiger partial charge in [0.1, 0.15) is 5.82 Å². The molecule has 2 aromatic rings. The zero-order valence-electron chi connectivity index (χ0n) is 15.5. The second-order valence-corrected chi connectivity index (χ2v) is 6.15. The van der Waals surface area contributed by atoms with Crippen LogP contribution in [0.5, 0.6) is 0 Å². The monoisotopic (exact) mass is 502 g/mol. The molecule has 8 nitrogen and oxygen atoms in total. The van der Waals surface area contributed by atoms with E-state index < -0.39 is 0 Å². The average Bonchev–Trinajstić information content (AvgIpc) is 3.19. The summed E-state index contributed by atoms with van der Waals surface area (Å²) in [5, 5.41) is 9.58. The maximum Gasteiger partial charge on any atom is 0.324 e. The van der Waals surface area contributed by atoms with Crippen molar-refractivity contribution in [1.82, 2.24) is 25.8 Å². The van der Waals surface area contributed by atoms with Crippen molar-refractivity contribution < 1.29 is 14.0 Å². The van der Waals surface area contributed by atoms with Crippen LogP contribution in [-0.4, -0.2) is 60.5 Å². The number of H-pyrrole nitrogens is 1. The van der Waals surface area contributed by atoms with Crippen molar-refractivity contribution in [3.8, 4) is 0 Å². The summed E-state index contributed by atoms with van der Waals surface area (Å²) in [4.78, 5) is 31.9. The van der Waals surface area contributed by atoms with Gasteiger partial charge in [-0.25, -0.2) is 9.18 Å². The standard InChI is InChI=1S/C18H23FN6O2.HI/c1-2-20-17(22-7-8-25-16(26)11-24-18(25)27)21-6-5-12-10-23-15-4-3-13(19)9-14(12)15;/h3-4,9-10,23H,2,5-8,11H2,1H3,(H,24,27)(H2,20,21,22);1H. The third-order valence-corrected chi connectivity index (χ3v) is 4.29. The van der Waals surface area contributed by atoms with Crippen LogP contribution >= 0.6 is 24.0 Å². The van der Waals surface area contributed by atoms with Gasteiger partial charge in [-0.3, -0.25) is 14.7 Å². The molecule has 0 spiro atoms. The van der Waals surface area contributed by atoms with E-state index in [4.69, 9.17) is 0 Å². The number of nitrogens with one attached hydrogen (secondary N) is 4. The molecule has 3 rings (SSSR count). The maximum atomic E-state index is 13.4. The van der Waals surface area contributed by atoms with Gasteiger partial charge in [0, 0.05) is 43.3 Å². The molecule has 0 aliphatic carbocycles. The Balaban J connectivity index is 0.00000280. The zero-order chi connectivity index (χ0) is 19.2. The van der Waals surface area contributed by atoms with Crippen LogP contribution in [0.4, 0.5) is 9.18 Å². The average molecular weight is 502 g/mol. The second-order valence-electron chi connectivity index (χ2n) is 6.15. The Labute approximate surface area is 179 Å². The Morgan fingerprint density at radius 2 is 2.14 bits per heavy atom. The zero-order valence-corrected chi connectivity index (χ0v) is 17.9. The molecule has 1 fully saturated rings. The van der Waals surface area contributed by atoms with Crippen LogP contribution < -0.4 is 16.0 Å². The first-order chi connectivity index (χ1) is 13.1. The molecule has 2 heterocycles. The molecule has 0 bridgehead atoms. The molecule has 0 unspecified atom stereocenters. The van der Waals surface area contributed by atoms with E-state index in [2.05, 4.69) is 25.9 Å². The fourth-order valence-corrected chi connectivity index (χ4v) is 2.96.